The zero-order chi connectivity index (χ0) is 39.0. The first kappa shape index (κ1) is 36.4. The van der Waals surface area contributed by atoms with Gasteiger partial charge in [0.15, 0.2) is 0 Å². The molecule has 0 fully saturated rings. The lowest BCUT2D eigenvalue weighted by Gasteiger charge is -2.34. The maximum Gasteiger partial charge on any atom is 0.137 e. The topological polar surface area (TPSA) is 44.9 Å². The van der Waals surface area contributed by atoms with Gasteiger partial charge < -0.3 is 4.74 Å². The zero-order valence-corrected chi connectivity index (χ0v) is 33.6. The lowest BCUT2D eigenvalue weighted by Crippen LogP contribution is -2.19. The molecule has 0 N–H and O–H groups in total. The number of allylic oxidation sites excluding steroid dienone is 2. The van der Waals surface area contributed by atoms with Gasteiger partial charge >= 0.3 is 0 Å². The number of pyridine rings is 1. The Hall–Kier alpha value is -6.20. The highest BCUT2D eigenvalue weighted by molar-refractivity contribution is 6.09. The van der Waals surface area contributed by atoms with Crippen LogP contribution in [0.3, 0.4) is 0 Å². The van der Waals surface area contributed by atoms with Crippen LogP contribution < -0.4 is 4.74 Å². The van der Waals surface area contributed by atoms with Crippen molar-refractivity contribution >= 4 is 27.4 Å². The van der Waals surface area contributed by atoms with Crippen molar-refractivity contribution in [3.05, 3.63) is 185 Å². The van der Waals surface area contributed by atoms with Crippen LogP contribution in [-0.4, -0.2) is 19.3 Å². The Kier molecular flexibility index (Phi) is 9.83. The molecule has 1 unspecified atom stereocenters. The summed E-state index contributed by atoms with van der Waals surface area (Å²) in [6.07, 6.45) is 8.25. The number of ether oxygens (including phenoxy) is 1. The molecule has 284 valence electrons. The van der Waals surface area contributed by atoms with Crippen molar-refractivity contribution in [2.75, 3.05) is 0 Å². The van der Waals surface area contributed by atoms with Gasteiger partial charge in [0.1, 0.15) is 17.3 Å². The van der Waals surface area contributed by atoms with Crippen LogP contribution in [0.15, 0.2) is 146 Å². The standard InChI is InChI=1S/C52H50N4O/c1-6-46-52(51-42(36-17-10-8-11-18-36)22-16-23-43(51)37-19-12-9-13-20-37)47(7-2)56(54-46)39-30-38(34(3)4)31-41(32-39)57-40-25-26-45-44-21-14-15-24-48(44)55(49(45)33-40)50-29-35(5)27-28-53-50/h8-15,17-22,24-34,43,51H,6-7,16,23H2,1-5H3/t43-,51?/m1/s1. The van der Waals surface area contributed by atoms with Gasteiger partial charge in [0.2, 0.25) is 0 Å². The normalized spacial score (nSPS) is 15.7. The van der Waals surface area contributed by atoms with Gasteiger partial charge in [0.05, 0.1) is 22.4 Å². The molecule has 5 nitrogen and oxygen atoms in total. The Morgan fingerprint density at radius 2 is 1.49 bits per heavy atom. The second-order valence-corrected chi connectivity index (χ2v) is 15.8. The van der Waals surface area contributed by atoms with Crippen LogP contribution in [0, 0.1) is 6.92 Å². The van der Waals surface area contributed by atoms with E-state index in [4.69, 9.17) is 14.8 Å². The molecule has 0 saturated carbocycles. The molecule has 0 radical (unpaired) electrons. The quantitative estimate of drug-likeness (QED) is 0.140. The van der Waals surface area contributed by atoms with E-state index in [1.54, 1.807) is 0 Å². The van der Waals surface area contributed by atoms with Crippen molar-refractivity contribution in [3.63, 3.8) is 0 Å². The fourth-order valence-electron chi connectivity index (χ4n) is 9.12. The minimum Gasteiger partial charge on any atom is -0.457 e. The summed E-state index contributed by atoms with van der Waals surface area (Å²) in [6, 6.07) is 48.0. The Labute approximate surface area is 336 Å². The maximum absolute atomic E-state index is 6.87. The summed E-state index contributed by atoms with van der Waals surface area (Å²) in [5, 5.41) is 7.85. The predicted molar refractivity (Wildman–Crippen MR) is 235 cm³/mol. The second-order valence-electron chi connectivity index (χ2n) is 15.8. The summed E-state index contributed by atoms with van der Waals surface area (Å²) in [6.45, 7) is 11.1. The van der Waals surface area contributed by atoms with Crippen LogP contribution in [0.1, 0.15) is 97.5 Å². The number of hydrogen-bond donors (Lipinski definition) is 0. The van der Waals surface area contributed by atoms with E-state index in [1.807, 2.05) is 12.3 Å². The van der Waals surface area contributed by atoms with E-state index in [9.17, 15) is 0 Å². The minimum atomic E-state index is 0.188. The van der Waals surface area contributed by atoms with Crippen molar-refractivity contribution < 1.29 is 4.74 Å². The lowest BCUT2D eigenvalue weighted by atomic mass is 9.69. The number of aryl methyl sites for hydroxylation is 2. The summed E-state index contributed by atoms with van der Waals surface area (Å²) < 4.78 is 11.3. The van der Waals surface area contributed by atoms with Crippen LogP contribution >= 0.6 is 0 Å². The monoisotopic (exact) mass is 746 g/mol. The van der Waals surface area contributed by atoms with E-state index < -0.39 is 0 Å². The highest BCUT2D eigenvalue weighted by Crippen LogP contribution is 2.51. The van der Waals surface area contributed by atoms with Crippen molar-refractivity contribution in [3.8, 4) is 23.0 Å². The Morgan fingerprint density at radius 3 is 2.25 bits per heavy atom. The van der Waals surface area contributed by atoms with Gasteiger partial charge in [-0.15, -0.1) is 0 Å². The molecule has 2 atom stereocenters. The smallest absolute Gasteiger partial charge is 0.137 e. The fraction of sp³-hybridized carbons (Fsp3) is 0.231. The molecule has 0 spiro atoms. The third-order valence-electron chi connectivity index (χ3n) is 11.8. The summed E-state index contributed by atoms with van der Waals surface area (Å²) in [5.74, 6) is 3.31. The highest BCUT2D eigenvalue weighted by Gasteiger charge is 2.36. The Bertz CT molecular complexity index is 2740. The zero-order valence-electron chi connectivity index (χ0n) is 33.6. The molecule has 0 amide bonds. The third kappa shape index (κ3) is 6.75. The van der Waals surface area contributed by atoms with Crippen LogP contribution in [0.5, 0.6) is 11.5 Å². The van der Waals surface area contributed by atoms with Crippen LogP contribution in [0.4, 0.5) is 0 Å². The molecule has 0 saturated heterocycles. The molecule has 8 aromatic rings. The van der Waals surface area contributed by atoms with Crippen molar-refractivity contribution in [1.82, 2.24) is 19.3 Å². The number of fused-ring (bicyclic) bond motifs is 3. The van der Waals surface area contributed by atoms with E-state index in [-0.39, 0.29) is 5.92 Å². The van der Waals surface area contributed by atoms with E-state index in [1.165, 1.54) is 55.6 Å². The van der Waals surface area contributed by atoms with Gasteiger partial charge in [-0.25, -0.2) is 9.67 Å². The van der Waals surface area contributed by atoms with Gasteiger partial charge in [-0.05, 0) is 115 Å². The first-order chi connectivity index (χ1) is 27.9. The molecule has 0 bridgehead atoms. The summed E-state index contributed by atoms with van der Waals surface area (Å²) in [5.41, 5.74) is 13.5. The molecule has 9 rings (SSSR count). The number of nitrogens with zero attached hydrogens (tertiary/aromatic N) is 4. The van der Waals surface area contributed by atoms with E-state index in [0.29, 0.717) is 11.8 Å². The van der Waals surface area contributed by atoms with E-state index >= 15 is 0 Å². The first-order valence-electron chi connectivity index (χ1n) is 20.6. The SMILES string of the molecule is CCc1nn(-c2cc(Oc3ccc4c5ccccc5n(-c5cc(C)ccn5)c4c3)cc(C(C)C)c2)c(CC)c1C1C(c2ccccc2)=CCC[C@@H]1c1ccccc1. The molecular weight excluding hydrogens is 697 g/mol. The summed E-state index contributed by atoms with van der Waals surface area (Å²) in [7, 11) is 0. The minimum absolute atomic E-state index is 0.188. The van der Waals surface area contributed by atoms with Gasteiger partial charge in [-0.2, -0.15) is 5.10 Å². The first-order valence-corrected chi connectivity index (χ1v) is 20.6. The van der Waals surface area contributed by atoms with Crippen molar-refractivity contribution in [2.45, 2.75) is 78.1 Å². The molecule has 5 aromatic carbocycles. The molecule has 1 aliphatic rings. The third-order valence-corrected chi connectivity index (χ3v) is 11.8. The predicted octanol–water partition coefficient (Wildman–Crippen LogP) is 13.5. The fourth-order valence-corrected chi connectivity index (χ4v) is 9.12. The van der Waals surface area contributed by atoms with Crippen molar-refractivity contribution in [2.24, 2.45) is 0 Å². The lowest BCUT2D eigenvalue weighted by molar-refractivity contribution is 0.481. The molecule has 5 heteroatoms. The van der Waals surface area contributed by atoms with E-state index in [0.717, 1.165) is 59.7 Å². The van der Waals surface area contributed by atoms with Crippen LogP contribution in [-0.2, 0) is 12.8 Å². The average Bonchev–Trinajstić information content (AvgIpc) is 3.79. The molecule has 57 heavy (non-hydrogen) atoms. The van der Waals surface area contributed by atoms with Gasteiger partial charge in [-0.1, -0.05) is 113 Å². The molecule has 3 heterocycles. The number of aromatic nitrogens is 4. The highest BCUT2D eigenvalue weighted by atomic mass is 16.5. The summed E-state index contributed by atoms with van der Waals surface area (Å²) in [4.78, 5) is 4.79. The average molecular weight is 747 g/mol. The van der Waals surface area contributed by atoms with Gasteiger partial charge in [0, 0.05) is 46.3 Å². The number of benzene rings is 5. The molecule has 1 aliphatic carbocycles. The number of para-hydroxylation sites is 1. The molecular formula is C52H50N4O. The molecule has 3 aromatic heterocycles. The van der Waals surface area contributed by atoms with Gasteiger partial charge in [0.25, 0.3) is 0 Å². The maximum atomic E-state index is 6.87. The largest absolute Gasteiger partial charge is 0.457 e. The van der Waals surface area contributed by atoms with Crippen LogP contribution in [0.2, 0.25) is 0 Å². The number of rotatable bonds is 10. The van der Waals surface area contributed by atoms with Crippen molar-refractivity contribution in [1.29, 1.82) is 0 Å². The Morgan fingerprint density at radius 1 is 0.737 bits per heavy atom. The second kappa shape index (κ2) is 15.4. The number of hydrogen-bond acceptors (Lipinski definition) is 3. The summed E-state index contributed by atoms with van der Waals surface area (Å²) >= 11 is 0. The molecule has 0 aliphatic heterocycles. The van der Waals surface area contributed by atoms with Crippen LogP contribution in [0.25, 0.3) is 38.9 Å². The van der Waals surface area contributed by atoms with E-state index in [2.05, 4.69) is 177 Å². The Balaban J connectivity index is 1.17. The van der Waals surface area contributed by atoms with Gasteiger partial charge in [-0.3, -0.25) is 4.57 Å².